The second-order valence-corrected chi connectivity index (χ2v) is 7.64. The Labute approximate surface area is 166 Å². The van der Waals surface area contributed by atoms with Crippen molar-refractivity contribution in [3.8, 4) is 6.07 Å². The number of rotatable bonds is 3. The van der Waals surface area contributed by atoms with E-state index in [1.807, 2.05) is 60.4 Å². The van der Waals surface area contributed by atoms with Gasteiger partial charge in [0.1, 0.15) is 6.61 Å². The molecule has 0 saturated carbocycles. The van der Waals surface area contributed by atoms with Crippen molar-refractivity contribution in [1.29, 1.82) is 5.26 Å². The van der Waals surface area contributed by atoms with E-state index in [4.69, 9.17) is 10.00 Å². The number of benzene rings is 2. The van der Waals surface area contributed by atoms with Crippen molar-refractivity contribution in [2.75, 3.05) is 0 Å². The Balaban J connectivity index is 1.53. The van der Waals surface area contributed by atoms with Crippen LogP contribution in [-0.4, -0.2) is 23.1 Å². The second-order valence-electron chi connectivity index (χ2n) is 7.64. The predicted octanol–water partition coefficient (Wildman–Crippen LogP) is 5.21. The largest absolute Gasteiger partial charge is 0.445 e. The molecule has 2 heterocycles. The molecule has 2 aromatic rings. The topological polar surface area (TPSA) is 53.3 Å². The number of carbonyl (C=O) groups is 1. The summed E-state index contributed by atoms with van der Waals surface area (Å²) in [7, 11) is 0. The number of hydrogen-bond acceptors (Lipinski definition) is 3. The minimum absolute atomic E-state index is 0.0841. The summed E-state index contributed by atoms with van der Waals surface area (Å²) in [6.45, 7) is 2.36. The first-order chi connectivity index (χ1) is 13.7. The number of hydrogen-bond donors (Lipinski definition) is 0. The van der Waals surface area contributed by atoms with Gasteiger partial charge in [0.15, 0.2) is 0 Å². The molecule has 0 aromatic heterocycles. The number of fused-ring (bicyclic) bond motifs is 2. The lowest BCUT2D eigenvalue weighted by atomic mass is 9.82. The van der Waals surface area contributed by atoms with Crippen LogP contribution in [0.3, 0.4) is 0 Å². The highest BCUT2D eigenvalue weighted by Crippen LogP contribution is 2.38. The smallest absolute Gasteiger partial charge is 0.410 e. The molecule has 2 aromatic carbocycles. The van der Waals surface area contributed by atoms with E-state index in [0.29, 0.717) is 12.2 Å². The Hall–Kier alpha value is -3.06. The van der Waals surface area contributed by atoms with Crippen molar-refractivity contribution in [1.82, 2.24) is 4.90 Å². The van der Waals surface area contributed by atoms with E-state index >= 15 is 0 Å². The maximum Gasteiger partial charge on any atom is 0.410 e. The van der Waals surface area contributed by atoms with Crippen LogP contribution in [-0.2, 0) is 11.3 Å². The van der Waals surface area contributed by atoms with E-state index in [0.717, 1.165) is 36.8 Å². The van der Waals surface area contributed by atoms with Gasteiger partial charge < -0.3 is 4.74 Å². The number of aryl methyl sites for hydroxylation is 1. The van der Waals surface area contributed by atoms with Crippen molar-refractivity contribution in [3.05, 3.63) is 76.9 Å². The van der Waals surface area contributed by atoms with Crippen molar-refractivity contribution < 1.29 is 9.53 Å². The van der Waals surface area contributed by atoms with E-state index in [1.54, 1.807) is 0 Å². The number of nitriles is 1. The van der Waals surface area contributed by atoms with E-state index in [-0.39, 0.29) is 18.2 Å². The second kappa shape index (κ2) is 7.90. The summed E-state index contributed by atoms with van der Waals surface area (Å²) in [6, 6.07) is 18.1. The minimum Gasteiger partial charge on any atom is -0.445 e. The third-order valence-corrected chi connectivity index (χ3v) is 5.75. The molecule has 4 nitrogen and oxygen atoms in total. The Morgan fingerprint density at radius 1 is 1.21 bits per heavy atom. The summed E-state index contributed by atoms with van der Waals surface area (Å²) in [5, 5.41) is 9.10. The quantitative estimate of drug-likeness (QED) is 0.743. The molecule has 2 atom stereocenters. The van der Waals surface area contributed by atoms with Gasteiger partial charge in [0.05, 0.1) is 17.7 Å². The predicted molar refractivity (Wildman–Crippen MR) is 108 cm³/mol. The highest BCUT2D eigenvalue weighted by Gasteiger charge is 2.38. The highest BCUT2D eigenvalue weighted by molar-refractivity contribution is 5.75. The van der Waals surface area contributed by atoms with E-state index < -0.39 is 0 Å². The monoisotopic (exact) mass is 372 g/mol. The first-order valence-corrected chi connectivity index (χ1v) is 9.86. The molecular weight excluding hydrogens is 348 g/mol. The van der Waals surface area contributed by atoms with Gasteiger partial charge in [0, 0.05) is 6.04 Å². The standard InChI is InChI=1S/C24H24N2O2/c1-17-12-19(15-25)10-11-23(17)20-13-21-8-5-9-22(14-20)26(21)24(27)28-16-18-6-3-2-4-7-18/h2-4,6-7,10-13,21-22H,5,8-9,14,16H2,1H3. The minimum atomic E-state index is -0.217. The van der Waals surface area contributed by atoms with Gasteiger partial charge in [-0.25, -0.2) is 4.79 Å². The molecule has 2 aliphatic heterocycles. The lowest BCUT2D eigenvalue weighted by Gasteiger charge is -2.44. The first kappa shape index (κ1) is 18.3. The average molecular weight is 372 g/mol. The summed E-state index contributed by atoms with van der Waals surface area (Å²) in [6.07, 6.45) is 5.95. The molecule has 0 N–H and O–H groups in total. The molecule has 28 heavy (non-hydrogen) atoms. The molecule has 1 amide bonds. The van der Waals surface area contributed by atoms with Crippen LogP contribution >= 0.6 is 0 Å². The molecular formula is C24H24N2O2. The highest BCUT2D eigenvalue weighted by atomic mass is 16.6. The molecule has 2 bridgehead atoms. The zero-order chi connectivity index (χ0) is 19.5. The van der Waals surface area contributed by atoms with Gasteiger partial charge in [-0.3, -0.25) is 4.90 Å². The number of piperidine rings is 1. The maximum atomic E-state index is 12.8. The van der Waals surface area contributed by atoms with Crippen LogP contribution in [0.1, 0.15) is 47.9 Å². The van der Waals surface area contributed by atoms with E-state index in [1.165, 1.54) is 11.1 Å². The molecule has 2 aliphatic rings. The zero-order valence-corrected chi connectivity index (χ0v) is 16.1. The molecule has 142 valence electrons. The number of ether oxygens (including phenoxy) is 1. The Bertz CT molecular complexity index is 943. The fourth-order valence-corrected chi connectivity index (χ4v) is 4.40. The van der Waals surface area contributed by atoms with Crippen molar-refractivity contribution >= 4 is 11.7 Å². The molecule has 0 aliphatic carbocycles. The van der Waals surface area contributed by atoms with Crippen LogP contribution in [0.5, 0.6) is 0 Å². The Kier molecular flexibility index (Phi) is 5.16. The third kappa shape index (κ3) is 3.66. The summed E-state index contributed by atoms with van der Waals surface area (Å²) in [5.74, 6) is 0. The van der Waals surface area contributed by atoms with E-state index in [9.17, 15) is 4.79 Å². The summed E-state index contributed by atoms with van der Waals surface area (Å²) in [4.78, 5) is 14.8. The van der Waals surface area contributed by atoms with Crippen LogP contribution in [0.2, 0.25) is 0 Å². The summed E-state index contributed by atoms with van der Waals surface area (Å²) >= 11 is 0. The van der Waals surface area contributed by atoms with Crippen LogP contribution in [0.25, 0.3) is 5.57 Å². The normalized spacial score (nSPS) is 20.9. The lowest BCUT2D eigenvalue weighted by Crippen LogP contribution is -2.51. The number of amides is 1. The Morgan fingerprint density at radius 2 is 2.04 bits per heavy atom. The average Bonchev–Trinajstić information content (AvgIpc) is 2.71. The molecule has 4 rings (SSSR count). The van der Waals surface area contributed by atoms with Gasteiger partial charge in [-0.1, -0.05) is 42.5 Å². The fourth-order valence-electron chi connectivity index (χ4n) is 4.40. The van der Waals surface area contributed by atoms with Gasteiger partial charge in [-0.2, -0.15) is 5.26 Å². The van der Waals surface area contributed by atoms with Crippen LogP contribution in [0.15, 0.2) is 54.6 Å². The van der Waals surface area contributed by atoms with Gasteiger partial charge in [-0.05, 0) is 67.0 Å². The molecule has 0 spiro atoms. The third-order valence-electron chi connectivity index (χ3n) is 5.75. The number of carbonyl (C=O) groups excluding carboxylic acids is 1. The van der Waals surface area contributed by atoms with Crippen LogP contribution < -0.4 is 0 Å². The molecule has 4 heteroatoms. The van der Waals surface area contributed by atoms with Gasteiger partial charge >= 0.3 is 6.09 Å². The summed E-state index contributed by atoms with van der Waals surface area (Å²) < 4.78 is 5.62. The molecule has 0 radical (unpaired) electrons. The van der Waals surface area contributed by atoms with Gasteiger partial charge in [0.2, 0.25) is 0 Å². The number of nitrogens with zero attached hydrogens (tertiary/aromatic N) is 2. The molecule has 1 saturated heterocycles. The fraction of sp³-hybridized carbons (Fsp3) is 0.333. The lowest BCUT2D eigenvalue weighted by molar-refractivity contribution is 0.0510. The van der Waals surface area contributed by atoms with Crippen LogP contribution in [0.4, 0.5) is 4.79 Å². The van der Waals surface area contributed by atoms with Crippen LogP contribution in [0, 0.1) is 18.3 Å². The molecule has 2 unspecified atom stereocenters. The van der Waals surface area contributed by atoms with Crippen molar-refractivity contribution in [2.24, 2.45) is 0 Å². The maximum absolute atomic E-state index is 12.8. The summed E-state index contributed by atoms with van der Waals surface area (Å²) in [5.41, 5.74) is 5.27. The Morgan fingerprint density at radius 3 is 2.75 bits per heavy atom. The van der Waals surface area contributed by atoms with Gasteiger partial charge in [0.25, 0.3) is 0 Å². The first-order valence-electron chi connectivity index (χ1n) is 9.86. The van der Waals surface area contributed by atoms with E-state index in [2.05, 4.69) is 12.1 Å². The van der Waals surface area contributed by atoms with Gasteiger partial charge in [-0.15, -0.1) is 0 Å². The SMILES string of the molecule is Cc1cc(C#N)ccc1C1=CC2CCCC(C1)N2C(=O)OCc1ccccc1. The molecule has 1 fully saturated rings. The van der Waals surface area contributed by atoms with Crippen molar-refractivity contribution in [2.45, 2.75) is 51.3 Å². The zero-order valence-electron chi connectivity index (χ0n) is 16.1. The van der Waals surface area contributed by atoms with Crippen molar-refractivity contribution in [3.63, 3.8) is 0 Å².